The molecule has 0 fully saturated rings. The third-order valence-corrected chi connectivity index (χ3v) is 3.52. The van der Waals surface area contributed by atoms with Crippen molar-refractivity contribution in [3.63, 3.8) is 0 Å². The molecule has 0 saturated heterocycles. The molecule has 3 aromatic carbocycles. The maximum absolute atomic E-state index is 11.8. The molecule has 0 aliphatic rings. The Hall–Kier alpha value is -3.54. The molecule has 3 rings (SSSR count). The number of hydrogen-bond donors (Lipinski definition) is 3. The Labute approximate surface area is 144 Å². The van der Waals surface area contributed by atoms with E-state index < -0.39 is 5.91 Å². The number of phenolic OH excluding ortho intramolecular Hbond substituents is 2. The summed E-state index contributed by atoms with van der Waals surface area (Å²) in [4.78, 5) is 11.8. The summed E-state index contributed by atoms with van der Waals surface area (Å²) in [6, 6.07) is 17.4. The summed E-state index contributed by atoms with van der Waals surface area (Å²) in [7, 11) is 0. The summed E-state index contributed by atoms with van der Waals surface area (Å²) in [5.74, 6) is 0.00281. The highest BCUT2D eigenvalue weighted by Crippen LogP contribution is 2.25. The Balaban J connectivity index is 1.58. The molecule has 6 nitrogen and oxygen atoms in total. The smallest absolute Gasteiger partial charge is 0.277 e. The lowest BCUT2D eigenvalue weighted by Gasteiger charge is -2.08. The summed E-state index contributed by atoms with van der Waals surface area (Å²) in [5.41, 5.74) is 2.69. The first-order valence-electron chi connectivity index (χ1n) is 7.58. The second-order valence-corrected chi connectivity index (χ2v) is 5.30. The fraction of sp³-hybridized carbons (Fsp3) is 0.0526. The van der Waals surface area contributed by atoms with Gasteiger partial charge in [0.25, 0.3) is 5.91 Å². The zero-order valence-electron chi connectivity index (χ0n) is 13.2. The number of carbonyl (C=O) groups is 1. The fourth-order valence-corrected chi connectivity index (χ4v) is 2.31. The van der Waals surface area contributed by atoms with Crippen LogP contribution < -0.4 is 10.2 Å². The molecule has 0 aliphatic carbocycles. The van der Waals surface area contributed by atoms with Gasteiger partial charge in [0.15, 0.2) is 6.61 Å². The van der Waals surface area contributed by atoms with Gasteiger partial charge in [-0.3, -0.25) is 4.79 Å². The molecule has 0 radical (unpaired) electrons. The van der Waals surface area contributed by atoms with E-state index in [2.05, 4.69) is 10.5 Å². The Morgan fingerprint density at radius 1 is 1.08 bits per heavy atom. The average Bonchev–Trinajstić information content (AvgIpc) is 2.62. The molecule has 0 unspecified atom stereocenters. The van der Waals surface area contributed by atoms with Crippen LogP contribution in [-0.4, -0.2) is 28.9 Å². The number of nitrogens with one attached hydrogen (secondary N) is 1. The van der Waals surface area contributed by atoms with Crippen LogP contribution in [-0.2, 0) is 4.79 Å². The van der Waals surface area contributed by atoms with Gasteiger partial charge < -0.3 is 14.9 Å². The minimum absolute atomic E-state index is 0.0535. The van der Waals surface area contributed by atoms with Crippen molar-refractivity contribution < 1.29 is 19.7 Å². The van der Waals surface area contributed by atoms with Crippen molar-refractivity contribution in [1.82, 2.24) is 5.43 Å². The summed E-state index contributed by atoms with van der Waals surface area (Å²) < 4.78 is 5.55. The lowest BCUT2D eigenvalue weighted by Crippen LogP contribution is -2.24. The van der Waals surface area contributed by atoms with Gasteiger partial charge in [-0.25, -0.2) is 5.43 Å². The van der Waals surface area contributed by atoms with Gasteiger partial charge in [0.2, 0.25) is 0 Å². The lowest BCUT2D eigenvalue weighted by molar-refractivity contribution is -0.123. The molecule has 0 bridgehead atoms. The minimum Gasteiger partial charge on any atom is -0.508 e. The van der Waals surface area contributed by atoms with E-state index >= 15 is 0 Å². The van der Waals surface area contributed by atoms with Crippen molar-refractivity contribution >= 4 is 22.9 Å². The van der Waals surface area contributed by atoms with E-state index in [0.717, 1.165) is 10.8 Å². The van der Waals surface area contributed by atoms with E-state index in [1.807, 2.05) is 36.4 Å². The van der Waals surface area contributed by atoms with Gasteiger partial charge in [-0.05, 0) is 23.6 Å². The van der Waals surface area contributed by atoms with E-state index in [9.17, 15) is 15.0 Å². The van der Waals surface area contributed by atoms with Gasteiger partial charge in [0.1, 0.15) is 17.2 Å². The molecule has 0 atom stereocenters. The maximum atomic E-state index is 11.8. The van der Waals surface area contributed by atoms with E-state index in [4.69, 9.17) is 4.74 Å². The van der Waals surface area contributed by atoms with E-state index in [1.54, 1.807) is 6.07 Å². The SMILES string of the molecule is O=C(COc1cccc2ccccc12)NN=Cc1ccc(O)cc1O. The first kappa shape index (κ1) is 16.3. The Bertz CT molecular complexity index is 932. The number of rotatable bonds is 5. The zero-order valence-corrected chi connectivity index (χ0v) is 13.2. The van der Waals surface area contributed by atoms with Crippen LogP contribution in [0.1, 0.15) is 5.56 Å². The van der Waals surface area contributed by atoms with Crippen molar-refractivity contribution in [2.75, 3.05) is 6.61 Å². The van der Waals surface area contributed by atoms with Crippen LogP contribution in [0.5, 0.6) is 17.2 Å². The molecular formula is C19H16N2O4. The molecule has 0 aromatic heterocycles. The fourth-order valence-electron chi connectivity index (χ4n) is 2.31. The summed E-state index contributed by atoms with van der Waals surface area (Å²) >= 11 is 0. The number of phenols is 2. The predicted molar refractivity (Wildman–Crippen MR) is 95.0 cm³/mol. The summed E-state index contributed by atoms with van der Waals surface area (Å²) in [6.45, 7) is -0.188. The second kappa shape index (κ2) is 7.35. The number of amides is 1. The highest BCUT2D eigenvalue weighted by molar-refractivity contribution is 5.89. The average molecular weight is 336 g/mol. The maximum Gasteiger partial charge on any atom is 0.277 e. The predicted octanol–water partition coefficient (Wildman–Crippen LogP) is 2.78. The van der Waals surface area contributed by atoms with Gasteiger partial charge in [0.05, 0.1) is 6.21 Å². The van der Waals surface area contributed by atoms with Crippen LogP contribution in [0.2, 0.25) is 0 Å². The molecule has 0 spiro atoms. The number of ether oxygens (including phenoxy) is 1. The van der Waals surface area contributed by atoms with Crippen molar-refractivity contribution in [3.8, 4) is 17.2 Å². The number of hydrazone groups is 1. The number of nitrogens with zero attached hydrogens (tertiary/aromatic N) is 1. The van der Waals surface area contributed by atoms with Crippen molar-refractivity contribution in [2.45, 2.75) is 0 Å². The minimum atomic E-state index is -0.428. The van der Waals surface area contributed by atoms with Crippen molar-refractivity contribution in [1.29, 1.82) is 0 Å². The zero-order chi connectivity index (χ0) is 17.6. The first-order chi connectivity index (χ1) is 12.1. The third kappa shape index (κ3) is 4.06. The van der Waals surface area contributed by atoms with Gasteiger partial charge in [-0.15, -0.1) is 0 Å². The van der Waals surface area contributed by atoms with Gasteiger partial charge in [-0.1, -0.05) is 36.4 Å². The molecule has 126 valence electrons. The molecule has 0 saturated carbocycles. The van der Waals surface area contributed by atoms with Crippen LogP contribution >= 0.6 is 0 Å². The molecule has 6 heteroatoms. The van der Waals surface area contributed by atoms with Crippen molar-refractivity contribution in [2.24, 2.45) is 5.10 Å². The molecule has 0 aliphatic heterocycles. The Kier molecular flexibility index (Phi) is 4.80. The molecule has 3 aromatic rings. The van der Waals surface area contributed by atoms with Crippen LogP contribution in [0.25, 0.3) is 10.8 Å². The van der Waals surface area contributed by atoms with Gasteiger partial charge in [-0.2, -0.15) is 5.10 Å². The normalized spacial score (nSPS) is 10.9. The molecule has 1 amide bonds. The number of hydrogen-bond acceptors (Lipinski definition) is 5. The van der Waals surface area contributed by atoms with Crippen LogP contribution in [0.3, 0.4) is 0 Å². The quantitative estimate of drug-likeness (QED) is 0.493. The molecular weight excluding hydrogens is 320 g/mol. The molecule has 0 heterocycles. The highest BCUT2D eigenvalue weighted by atomic mass is 16.5. The third-order valence-electron chi connectivity index (χ3n) is 3.52. The second-order valence-electron chi connectivity index (χ2n) is 5.30. The lowest BCUT2D eigenvalue weighted by atomic mass is 10.1. The summed E-state index contributed by atoms with van der Waals surface area (Å²) in [6.07, 6.45) is 1.28. The van der Waals surface area contributed by atoms with Crippen LogP contribution in [0.15, 0.2) is 65.8 Å². The first-order valence-corrected chi connectivity index (χ1v) is 7.58. The van der Waals surface area contributed by atoms with Crippen LogP contribution in [0.4, 0.5) is 0 Å². The number of benzene rings is 3. The van der Waals surface area contributed by atoms with Crippen LogP contribution in [0, 0.1) is 0 Å². The van der Waals surface area contributed by atoms with E-state index in [-0.39, 0.29) is 18.1 Å². The number of fused-ring (bicyclic) bond motifs is 1. The number of aromatic hydroxyl groups is 2. The van der Waals surface area contributed by atoms with E-state index in [1.165, 1.54) is 24.4 Å². The standard InChI is InChI=1S/C19H16N2O4/c22-15-9-8-14(17(23)10-15)11-20-21-19(24)12-25-18-7-3-5-13-4-1-2-6-16(13)18/h1-11,22-23H,12H2,(H,21,24). The highest BCUT2D eigenvalue weighted by Gasteiger charge is 2.05. The molecule has 25 heavy (non-hydrogen) atoms. The largest absolute Gasteiger partial charge is 0.508 e. The Morgan fingerprint density at radius 2 is 1.88 bits per heavy atom. The topological polar surface area (TPSA) is 91.2 Å². The monoisotopic (exact) mass is 336 g/mol. The molecule has 3 N–H and O–H groups in total. The van der Waals surface area contributed by atoms with E-state index in [0.29, 0.717) is 11.3 Å². The Morgan fingerprint density at radius 3 is 2.72 bits per heavy atom. The van der Waals surface area contributed by atoms with Gasteiger partial charge in [0, 0.05) is 17.0 Å². The number of carbonyl (C=O) groups excluding carboxylic acids is 1. The summed E-state index contributed by atoms with van der Waals surface area (Å²) in [5, 5.41) is 24.6. The van der Waals surface area contributed by atoms with Gasteiger partial charge >= 0.3 is 0 Å². The van der Waals surface area contributed by atoms with Crippen molar-refractivity contribution in [3.05, 3.63) is 66.2 Å².